The van der Waals surface area contributed by atoms with Gasteiger partial charge in [0.15, 0.2) is 11.5 Å². The fourth-order valence-electron chi connectivity index (χ4n) is 2.06. The molecule has 0 spiro atoms. The van der Waals surface area contributed by atoms with Crippen molar-refractivity contribution in [3.8, 4) is 17.2 Å². The Kier molecular flexibility index (Phi) is 3.61. The third-order valence-corrected chi connectivity index (χ3v) is 3.08. The lowest BCUT2D eigenvalue weighted by atomic mass is 10.1. The molecule has 1 heterocycles. The zero-order chi connectivity index (χ0) is 14.7. The molecule has 1 atom stereocenters. The predicted octanol–water partition coefficient (Wildman–Crippen LogP) is 1.53. The molecule has 1 aliphatic heterocycles. The van der Waals surface area contributed by atoms with Gasteiger partial charge in [0.1, 0.15) is 5.75 Å². The summed E-state index contributed by atoms with van der Waals surface area (Å²) in [5, 5.41) is 0. The molecule has 1 aliphatic rings. The highest BCUT2D eigenvalue weighted by Gasteiger charge is 2.23. The van der Waals surface area contributed by atoms with E-state index in [4.69, 9.17) is 20.1 Å². The van der Waals surface area contributed by atoms with Gasteiger partial charge in [-0.3, -0.25) is 10.2 Å². The van der Waals surface area contributed by atoms with Crippen molar-refractivity contribution < 1.29 is 19.0 Å². The van der Waals surface area contributed by atoms with Crippen molar-refractivity contribution in [2.45, 2.75) is 6.10 Å². The van der Waals surface area contributed by atoms with Gasteiger partial charge in [0, 0.05) is 11.6 Å². The molecule has 0 saturated heterocycles. The average molecular weight is 286 g/mol. The van der Waals surface area contributed by atoms with Gasteiger partial charge in [-0.25, -0.2) is 5.84 Å². The molecule has 0 saturated carbocycles. The predicted molar refractivity (Wildman–Crippen MR) is 74.7 cm³/mol. The van der Waals surface area contributed by atoms with Crippen LogP contribution in [0.2, 0.25) is 0 Å². The summed E-state index contributed by atoms with van der Waals surface area (Å²) in [4.78, 5) is 11.9. The van der Waals surface area contributed by atoms with Gasteiger partial charge in [-0.15, -0.1) is 0 Å². The first-order chi connectivity index (χ1) is 10.3. The topological polar surface area (TPSA) is 82.8 Å². The Hall–Kier alpha value is -2.73. The van der Waals surface area contributed by atoms with Gasteiger partial charge in [-0.2, -0.15) is 0 Å². The molecular formula is C15H14N2O4. The molecule has 0 aromatic heterocycles. The largest absolute Gasteiger partial charge is 0.476 e. The molecule has 3 N–H and O–H groups in total. The van der Waals surface area contributed by atoms with Gasteiger partial charge in [0.2, 0.25) is 12.9 Å². The van der Waals surface area contributed by atoms with Crippen molar-refractivity contribution in [2.24, 2.45) is 5.84 Å². The molecule has 1 amide bonds. The summed E-state index contributed by atoms with van der Waals surface area (Å²) in [5.74, 6) is 6.54. The summed E-state index contributed by atoms with van der Waals surface area (Å²) in [6.07, 6.45) is -0.837. The van der Waals surface area contributed by atoms with Crippen molar-refractivity contribution in [1.29, 1.82) is 0 Å². The van der Waals surface area contributed by atoms with Crippen molar-refractivity contribution >= 4 is 5.91 Å². The lowest BCUT2D eigenvalue weighted by Crippen LogP contribution is -2.37. The molecule has 108 valence electrons. The number of amides is 1. The molecule has 6 heteroatoms. The first-order valence-electron chi connectivity index (χ1n) is 6.39. The van der Waals surface area contributed by atoms with E-state index in [2.05, 4.69) is 5.43 Å². The van der Waals surface area contributed by atoms with E-state index in [1.54, 1.807) is 30.3 Å². The Morgan fingerprint density at radius 2 is 1.90 bits per heavy atom. The van der Waals surface area contributed by atoms with Gasteiger partial charge in [-0.1, -0.05) is 30.3 Å². The van der Waals surface area contributed by atoms with Gasteiger partial charge in [-0.05, 0) is 12.1 Å². The molecular weight excluding hydrogens is 272 g/mol. The van der Waals surface area contributed by atoms with Crippen LogP contribution in [-0.4, -0.2) is 12.7 Å². The van der Waals surface area contributed by atoms with Crippen LogP contribution in [0.25, 0.3) is 0 Å². The van der Waals surface area contributed by atoms with Gasteiger partial charge < -0.3 is 14.2 Å². The van der Waals surface area contributed by atoms with Crippen LogP contribution in [0.3, 0.4) is 0 Å². The summed E-state index contributed by atoms with van der Waals surface area (Å²) in [6, 6.07) is 14.3. The minimum atomic E-state index is -0.837. The number of hydrazine groups is 1. The Labute approximate surface area is 121 Å². The highest BCUT2D eigenvalue weighted by Crippen LogP contribution is 2.36. The summed E-state index contributed by atoms with van der Waals surface area (Å²) in [5.41, 5.74) is 2.82. The van der Waals surface area contributed by atoms with Crippen LogP contribution in [0.1, 0.15) is 11.7 Å². The quantitative estimate of drug-likeness (QED) is 0.506. The van der Waals surface area contributed by atoms with Crippen LogP contribution in [0, 0.1) is 0 Å². The van der Waals surface area contributed by atoms with Crippen molar-refractivity contribution in [2.75, 3.05) is 6.79 Å². The number of benzene rings is 2. The molecule has 0 aliphatic carbocycles. The van der Waals surface area contributed by atoms with Crippen molar-refractivity contribution in [3.05, 3.63) is 54.1 Å². The third-order valence-electron chi connectivity index (χ3n) is 3.08. The molecule has 2 aromatic carbocycles. The number of hydrogen-bond acceptors (Lipinski definition) is 5. The Balaban J connectivity index is 1.86. The second-order valence-corrected chi connectivity index (χ2v) is 4.43. The standard InChI is InChI=1S/C15H14N2O4/c16-17-15(18)14(10-4-2-1-3-5-10)21-11-6-7-12-13(8-11)20-9-19-12/h1-8,14H,9,16H2,(H,17,18). The summed E-state index contributed by atoms with van der Waals surface area (Å²) >= 11 is 0. The van der Waals surface area contributed by atoms with Crippen LogP contribution in [0.4, 0.5) is 0 Å². The van der Waals surface area contributed by atoms with Crippen molar-refractivity contribution in [1.82, 2.24) is 5.43 Å². The molecule has 0 bridgehead atoms. The van der Waals surface area contributed by atoms with E-state index in [1.807, 2.05) is 18.2 Å². The number of carbonyl (C=O) groups excluding carboxylic acids is 1. The molecule has 3 rings (SSSR count). The number of fused-ring (bicyclic) bond motifs is 1. The number of nitrogens with one attached hydrogen (secondary N) is 1. The van der Waals surface area contributed by atoms with E-state index in [1.165, 1.54) is 0 Å². The average Bonchev–Trinajstić information content (AvgIpc) is 3.00. The first kappa shape index (κ1) is 13.3. The maximum Gasteiger partial charge on any atom is 0.279 e. The highest BCUT2D eigenvalue weighted by molar-refractivity contribution is 5.82. The van der Waals surface area contributed by atoms with E-state index in [-0.39, 0.29) is 6.79 Å². The van der Waals surface area contributed by atoms with E-state index in [0.717, 1.165) is 0 Å². The van der Waals surface area contributed by atoms with E-state index in [9.17, 15) is 4.79 Å². The smallest absolute Gasteiger partial charge is 0.279 e. The van der Waals surface area contributed by atoms with Crippen LogP contribution < -0.4 is 25.5 Å². The maximum absolute atomic E-state index is 11.9. The second kappa shape index (κ2) is 5.72. The highest BCUT2D eigenvalue weighted by atomic mass is 16.7. The second-order valence-electron chi connectivity index (χ2n) is 4.43. The molecule has 1 unspecified atom stereocenters. The molecule has 21 heavy (non-hydrogen) atoms. The number of rotatable bonds is 4. The normalized spacial score (nSPS) is 13.6. The Morgan fingerprint density at radius 1 is 1.14 bits per heavy atom. The Bertz CT molecular complexity index is 645. The zero-order valence-corrected chi connectivity index (χ0v) is 11.1. The summed E-state index contributed by atoms with van der Waals surface area (Å²) < 4.78 is 16.3. The lowest BCUT2D eigenvalue weighted by molar-refractivity contribution is -0.128. The molecule has 6 nitrogen and oxygen atoms in total. The van der Waals surface area contributed by atoms with Crippen molar-refractivity contribution in [3.63, 3.8) is 0 Å². The van der Waals surface area contributed by atoms with Gasteiger partial charge in [0.05, 0.1) is 0 Å². The van der Waals surface area contributed by atoms with Crippen LogP contribution in [0.5, 0.6) is 17.2 Å². The third kappa shape index (κ3) is 2.75. The maximum atomic E-state index is 11.9. The van der Waals surface area contributed by atoms with Crippen LogP contribution >= 0.6 is 0 Å². The van der Waals surface area contributed by atoms with Gasteiger partial charge in [0.25, 0.3) is 5.91 Å². The minimum absolute atomic E-state index is 0.185. The van der Waals surface area contributed by atoms with Crippen LogP contribution in [-0.2, 0) is 4.79 Å². The summed E-state index contributed by atoms with van der Waals surface area (Å²) in [7, 11) is 0. The number of ether oxygens (including phenoxy) is 3. The lowest BCUT2D eigenvalue weighted by Gasteiger charge is -2.18. The molecule has 0 radical (unpaired) electrons. The SMILES string of the molecule is NNC(=O)C(Oc1ccc2c(c1)OCO2)c1ccccc1. The zero-order valence-electron chi connectivity index (χ0n) is 11.1. The fraction of sp³-hybridized carbons (Fsp3) is 0.133. The van der Waals surface area contributed by atoms with E-state index >= 15 is 0 Å². The minimum Gasteiger partial charge on any atom is -0.476 e. The number of hydrogen-bond donors (Lipinski definition) is 2. The number of nitrogens with two attached hydrogens (primary N) is 1. The monoisotopic (exact) mass is 286 g/mol. The summed E-state index contributed by atoms with van der Waals surface area (Å²) in [6.45, 7) is 0.185. The molecule has 0 fully saturated rings. The Morgan fingerprint density at radius 3 is 2.67 bits per heavy atom. The first-order valence-corrected chi connectivity index (χ1v) is 6.39. The van der Waals surface area contributed by atoms with E-state index < -0.39 is 12.0 Å². The molecule has 2 aromatic rings. The van der Waals surface area contributed by atoms with Gasteiger partial charge >= 0.3 is 0 Å². The van der Waals surface area contributed by atoms with Crippen LogP contribution in [0.15, 0.2) is 48.5 Å². The number of carbonyl (C=O) groups is 1. The fourth-order valence-corrected chi connectivity index (χ4v) is 2.06. The van der Waals surface area contributed by atoms with E-state index in [0.29, 0.717) is 22.8 Å².